The Hall–Kier alpha value is -2.41. The third kappa shape index (κ3) is 6.03. The number of hydrogen-bond acceptors (Lipinski definition) is 2. The summed E-state index contributed by atoms with van der Waals surface area (Å²) in [5.74, 6) is -0.173. The van der Waals surface area contributed by atoms with Crippen LogP contribution >= 0.6 is 15.9 Å². The van der Waals surface area contributed by atoms with Crippen LogP contribution in [0, 0.1) is 11.7 Å². The Morgan fingerprint density at radius 2 is 1.76 bits per heavy atom. The summed E-state index contributed by atoms with van der Waals surface area (Å²) >= 11 is 3.41. The summed E-state index contributed by atoms with van der Waals surface area (Å²) in [7, 11) is 0. The van der Waals surface area contributed by atoms with Crippen LogP contribution in [0.25, 0.3) is 0 Å². The van der Waals surface area contributed by atoms with Crippen molar-refractivity contribution in [1.82, 2.24) is 10.6 Å². The van der Waals surface area contributed by atoms with E-state index in [1.165, 1.54) is 12.1 Å². The Morgan fingerprint density at radius 3 is 2.38 bits per heavy atom. The summed E-state index contributed by atoms with van der Waals surface area (Å²) in [6.07, 6.45) is 4.36. The number of hydrogen-bond donors (Lipinski definition) is 3. The molecule has 4 N–H and O–H groups in total. The van der Waals surface area contributed by atoms with Gasteiger partial charge in [-0.15, -0.1) is 0 Å². The highest BCUT2D eigenvalue weighted by Crippen LogP contribution is 2.36. The molecule has 0 bridgehead atoms. The molecule has 2 aromatic carbocycles. The molecule has 3 amide bonds. The van der Waals surface area contributed by atoms with Gasteiger partial charge in [-0.25, -0.2) is 9.18 Å². The molecule has 0 aliphatic heterocycles. The average molecular weight is 462 g/mol. The highest BCUT2D eigenvalue weighted by molar-refractivity contribution is 9.10. The number of benzene rings is 2. The van der Waals surface area contributed by atoms with Crippen molar-refractivity contribution >= 4 is 27.9 Å². The Bertz CT molecular complexity index is 853. The Labute approximate surface area is 178 Å². The van der Waals surface area contributed by atoms with Crippen LogP contribution in [0.3, 0.4) is 0 Å². The molecule has 0 heterocycles. The molecule has 0 aromatic heterocycles. The summed E-state index contributed by atoms with van der Waals surface area (Å²) < 4.78 is 14.2. The zero-order valence-electron chi connectivity index (χ0n) is 16.0. The van der Waals surface area contributed by atoms with Crippen molar-refractivity contribution < 1.29 is 14.0 Å². The summed E-state index contributed by atoms with van der Waals surface area (Å²) in [5, 5.41) is 5.77. The van der Waals surface area contributed by atoms with Gasteiger partial charge in [0, 0.05) is 4.47 Å². The lowest BCUT2D eigenvalue weighted by molar-refractivity contribution is -0.122. The molecule has 0 radical (unpaired) electrons. The fourth-order valence-corrected chi connectivity index (χ4v) is 4.42. The van der Waals surface area contributed by atoms with Gasteiger partial charge in [0.05, 0.1) is 18.5 Å². The van der Waals surface area contributed by atoms with E-state index in [-0.39, 0.29) is 24.2 Å². The van der Waals surface area contributed by atoms with Crippen molar-refractivity contribution in [2.24, 2.45) is 11.7 Å². The Morgan fingerprint density at radius 1 is 1.07 bits per heavy atom. The number of carbonyl (C=O) groups is 2. The van der Waals surface area contributed by atoms with Gasteiger partial charge in [-0.05, 0) is 54.2 Å². The Kier molecular flexibility index (Phi) is 7.25. The molecule has 1 aliphatic rings. The standard InChI is InChI=1S/C22H25BrFN3O2/c23-17-7-3-6-16(12-17)19(26-22(25)29)13-20(28)27-21(14-4-1-2-5-14)15-8-10-18(24)11-9-15/h3,6-12,14,19,21H,1-2,4-5,13H2,(H,27,28)(H3,25,26,29)/t19-,21-/m0/s1. The summed E-state index contributed by atoms with van der Waals surface area (Å²) in [4.78, 5) is 24.4. The third-order valence-corrected chi connectivity index (χ3v) is 5.87. The number of rotatable bonds is 7. The Balaban J connectivity index is 1.76. The molecule has 0 saturated heterocycles. The van der Waals surface area contributed by atoms with Gasteiger partial charge in [0.15, 0.2) is 0 Å². The van der Waals surface area contributed by atoms with Gasteiger partial charge >= 0.3 is 6.03 Å². The second-order valence-electron chi connectivity index (χ2n) is 7.46. The van der Waals surface area contributed by atoms with E-state index in [0.717, 1.165) is 41.3 Å². The van der Waals surface area contributed by atoms with E-state index >= 15 is 0 Å². The second-order valence-corrected chi connectivity index (χ2v) is 8.38. The SMILES string of the molecule is NC(=O)N[C@@H](CC(=O)N[C@H](c1ccc(F)cc1)C1CCCC1)c1cccc(Br)c1. The van der Waals surface area contributed by atoms with E-state index in [4.69, 9.17) is 5.73 Å². The predicted molar refractivity (Wildman–Crippen MR) is 113 cm³/mol. The summed E-state index contributed by atoms with van der Waals surface area (Å²) in [6.45, 7) is 0. The lowest BCUT2D eigenvalue weighted by Crippen LogP contribution is -2.38. The molecular weight excluding hydrogens is 437 g/mol. The molecule has 7 heteroatoms. The minimum absolute atomic E-state index is 0.0593. The van der Waals surface area contributed by atoms with Gasteiger partial charge in [0.2, 0.25) is 5.91 Å². The van der Waals surface area contributed by atoms with Crippen molar-refractivity contribution in [3.63, 3.8) is 0 Å². The maximum absolute atomic E-state index is 13.4. The molecule has 154 valence electrons. The normalized spacial score (nSPS) is 16.2. The van der Waals surface area contributed by atoms with Gasteiger partial charge in [-0.2, -0.15) is 0 Å². The molecule has 0 unspecified atom stereocenters. The maximum atomic E-state index is 13.4. The molecule has 1 fully saturated rings. The summed E-state index contributed by atoms with van der Waals surface area (Å²) in [5.41, 5.74) is 7.00. The minimum atomic E-state index is -0.686. The topological polar surface area (TPSA) is 84.2 Å². The molecule has 0 spiro atoms. The van der Waals surface area contributed by atoms with Gasteiger partial charge in [-0.3, -0.25) is 4.79 Å². The van der Waals surface area contributed by atoms with Crippen molar-refractivity contribution in [3.05, 3.63) is 69.9 Å². The van der Waals surface area contributed by atoms with E-state index in [1.54, 1.807) is 12.1 Å². The van der Waals surface area contributed by atoms with Crippen LogP contribution in [0.15, 0.2) is 53.0 Å². The van der Waals surface area contributed by atoms with E-state index in [1.807, 2.05) is 24.3 Å². The van der Waals surface area contributed by atoms with E-state index < -0.39 is 12.1 Å². The first-order chi connectivity index (χ1) is 13.9. The van der Waals surface area contributed by atoms with Crippen molar-refractivity contribution in [3.8, 4) is 0 Å². The summed E-state index contributed by atoms with van der Waals surface area (Å²) in [6, 6.07) is 12.3. The zero-order chi connectivity index (χ0) is 20.8. The van der Waals surface area contributed by atoms with E-state index in [2.05, 4.69) is 26.6 Å². The van der Waals surface area contributed by atoms with Crippen LogP contribution in [0.1, 0.15) is 55.3 Å². The first kappa shape index (κ1) is 21.3. The monoisotopic (exact) mass is 461 g/mol. The van der Waals surface area contributed by atoms with Crippen LogP contribution in [-0.4, -0.2) is 11.9 Å². The minimum Gasteiger partial charge on any atom is -0.352 e. The number of primary amides is 1. The maximum Gasteiger partial charge on any atom is 0.312 e. The molecule has 3 rings (SSSR count). The van der Waals surface area contributed by atoms with Crippen LogP contribution in [0.4, 0.5) is 9.18 Å². The fraction of sp³-hybridized carbons (Fsp3) is 0.364. The van der Waals surface area contributed by atoms with Crippen LogP contribution in [0.5, 0.6) is 0 Å². The molecule has 1 saturated carbocycles. The van der Waals surface area contributed by atoms with Gasteiger partial charge in [-0.1, -0.05) is 53.0 Å². The largest absolute Gasteiger partial charge is 0.352 e. The smallest absolute Gasteiger partial charge is 0.312 e. The predicted octanol–water partition coefficient (Wildman–Crippen LogP) is 4.74. The van der Waals surface area contributed by atoms with E-state index in [0.29, 0.717) is 5.92 Å². The quantitative estimate of drug-likeness (QED) is 0.556. The molecule has 29 heavy (non-hydrogen) atoms. The fourth-order valence-electron chi connectivity index (χ4n) is 4.00. The molecule has 2 atom stereocenters. The third-order valence-electron chi connectivity index (χ3n) is 5.37. The molecule has 5 nitrogen and oxygen atoms in total. The zero-order valence-corrected chi connectivity index (χ0v) is 17.6. The average Bonchev–Trinajstić information content (AvgIpc) is 3.20. The molecule has 2 aromatic rings. The number of nitrogens with one attached hydrogen (secondary N) is 2. The lowest BCUT2D eigenvalue weighted by Gasteiger charge is -2.27. The second kappa shape index (κ2) is 9.87. The lowest BCUT2D eigenvalue weighted by atomic mass is 9.91. The number of urea groups is 1. The van der Waals surface area contributed by atoms with Crippen LogP contribution in [0.2, 0.25) is 0 Å². The number of amides is 3. The highest BCUT2D eigenvalue weighted by atomic mass is 79.9. The molecular formula is C22H25BrFN3O2. The van der Waals surface area contributed by atoms with Crippen LogP contribution in [-0.2, 0) is 4.79 Å². The number of nitrogens with two attached hydrogens (primary N) is 1. The molecule has 1 aliphatic carbocycles. The highest BCUT2D eigenvalue weighted by Gasteiger charge is 2.29. The van der Waals surface area contributed by atoms with Gasteiger partial charge in [0.1, 0.15) is 5.82 Å². The first-order valence-corrected chi connectivity index (χ1v) is 10.6. The van der Waals surface area contributed by atoms with Gasteiger partial charge < -0.3 is 16.4 Å². The van der Waals surface area contributed by atoms with Crippen LogP contribution < -0.4 is 16.4 Å². The number of carbonyl (C=O) groups excluding carboxylic acids is 2. The van der Waals surface area contributed by atoms with Crippen molar-refractivity contribution in [1.29, 1.82) is 0 Å². The van der Waals surface area contributed by atoms with Crippen molar-refractivity contribution in [2.75, 3.05) is 0 Å². The first-order valence-electron chi connectivity index (χ1n) is 9.78. The number of halogens is 2. The van der Waals surface area contributed by atoms with E-state index in [9.17, 15) is 14.0 Å². The van der Waals surface area contributed by atoms with Gasteiger partial charge in [0.25, 0.3) is 0 Å². The van der Waals surface area contributed by atoms with Crippen molar-refractivity contribution in [2.45, 2.75) is 44.2 Å².